The molecule has 3 aromatic rings. The van der Waals surface area contributed by atoms with E-state index in [-0.39, 0.29) is 5.88 Å². The van der Waals surface area contributed by atoms with E-state index in [1.54, 1.807) is 13.2 Å². The van der Waals surface area contributed by atoms with Crippen LogP contribution in [0, 0.1) is 13.8 Å². The van der Waals surface area contributed by atoms with Gasteiger partial charge in [-0.3, -0.25) is 0 Å². The Hall–Kier alpha value is -3.28. The van der Waals surface area contributed by atoms with Gasteiger partial charge >= 0.3 is 0 Å². The number of para-hydroxylation sites is 2. The molecule has 0 spiro atoms. The maximum Gasteiger partial charge on any atom is 0.248 e. The fourth-order valence-electron chi connectivity index (χ4n) is 2.45. The molecule has 0 aliphatic carbocycles. The molecule has 1 heterocycles. The number of anilines is 3. The average molecular weight is 336 g/mol. The van der Waals surface area contributed by atoms with Gasteiger partial charge < -0.3 is 20.5 Å². The number of aryl methyl sites for hydroxylation is 2. The average Bonchev–Trinajstić information content (AvgIpc) is 2.61. The van der Waals surface area contributed by atoms with Crippen LogP contribution in [0.1, 0.15) is 11.1 Å². The second kappa shape index (κ2) is 7.09. The van der Waals surface area contributed by atoms with E-state index in [0.717, 1.165) is 11.3 Å². The molecular weight excluding hydrogens is 316 g/mol. The van der Waals surface area contributed by atoms with Crippen LogP contribution in [0.25, 0.3) is 0 Å². The highest BCUT2D eigenvalue weighted by molar-refractivity contribution is 5.73. The number of nitrogens with two attached hydrogens (primary N) is 1. The minimum Gasteiger partial charge on any atom is -0.493 e. The zero-order chi connectivity index (χ0) is 17.8. The van der Waals surface area contributed by atoms with Crippen LogP contribution in [0.4, 0.5) is 17.2 Å². The van der Waals surface area contributed by atoms with Crippen molar-refractivity contribution < 1.29 is 9.47 Å². The van der Waals surface area contributed by atoms with Gasteiger partial charge in [0.1, 0.15) is 12.0 Å². The van der Waals surface area contributed by atoms with E-state index in [4.69, 9.17) is 15.2 Å². The van der Waals surface area contributed by atoms with E-state index < -0.39 is 0 Å². The number of nitrogens with one attached hydrogen (secondary N) is 1. The monoisotopic (exact) mass is 336 g/mol. The number of nitrogen functional groups attached to an aromatic ring is 1. The van der Waals surface area contributed by atoms with Crippen molar-refractivity contribution in [1.29, 1.82) is 0 Å². The van der Waals surface area contributed by atoms with E-state index >= 15 is 0 Å². The summed E-state index contributed by atoms with van der Waals surface area (Å²) in [6.45, 7) is 4.08. The maximum atomic E-state index is 6.20. The molecule has 0 aliphatic rings. The van der Waals surface area contributed by atoms with Crippen molar-refractivity contribution in [2.45, 2.75) is 13.8 Å². The topological polar surface area (TPSA) is 82.3 Å². The molecule has 0 fully saturated rings. The normalized spacial score (nSPS) is 10.4. The quantitative estimate of drug-likeness (QED) is 0.726. The summed E-state index contributed by atoms with van der Waals surface area (Å²) in [6.07, 6.45) is 1.41. The molecule has 0 unspecified atom stereocenters. The summed E-state index contributed by atoms with van der Waals surface area (Å²) in [5.74, 6) is 1.90. The van der Waals surface area contributed by atoms with Gasteiger partial charge in [-0.1, -0.05) is 29.8 Å². The lowest BCUT2D eigenvalue weighted by molar-refractivity contribution is 0.374. The molecule has 0 atom stereocenters. The summed E-state index contributed by atoms with van der Waals surface area (Å²) in [4.78, 5) is 8.36. The van der Waals surface area contributed by atoms with Gasteiger partial charge in [0.2, 0.25) is 5.88 Å². The summed E-state index contributed by atoms with van der Waals surface area (Å²) < 4.78 is 11.1. The second-order valence-corrected chi connectivity index (χ2v) is 5.64. The van der Waals surface area contributed by atoms with Crippen LogP contribution < -0.4 is 20.5 Å². The van der Waals surface area contributed by atoms with Crippen molar-refractivity contribution >= 4 is 17.2 Å². The maximum absolute atomic E-state index is 6.20. The molecule has 1 aromatic heterocycles. The van der Waals surface area contributed by atoms with Crippen LogP contribution in [0.3, 0.4) is 0 Å². The Morgan fingerprint density at radius 3 is 2.48 bits per heavy atom. The number of aromatic nitrogens is 2. The van der Waals surface area contributed by atoms with Gasteiger partial charge in [0.05, 0.1) is 7.11 Å². The Kier molecular flexibility index (Phi) is 4.70. The first kappa shape index (κ1) is 16.6. The molecule has 6 nitrogen and oxygen atoms in total. The van der Waals surface area contributed by atoms with Gasteiger partial charge in [-0.15, -0.1) is 0 Å². The predicted molar refractivity (Wildman–Crippen MR) is 98.7 cm³/mol. The number of hydrogen-bond acceptors (Lipinski definition) is 6. The first-order chi connectivity index (χ1) is 12.1. The van der Waals surface area contributed by atoms with Gasteiger partial charge in [-0.25, -0.2) is 4.98 Å². The van der Waals surface area contributed by atoms with E-state index in [0.29, 0.717) is 23.0 Å². The largest absolute Gasteiger partial charge is 0.493 e. The van der Waals surface area contributed by atoms with Crippen LogP contribution in [0.5, 0.6) is 17.4 Å². The summed E-state index contributed by atoms with van der Waals surface area (Å²) in [5, 5.41) is 3.24. The predicted octanol–water partition coefficient (Wildman–Crippen LogP) is 4.22. The fraction of sp³-hybridized carbons (Fsp3) is 0.158. The summed E-state index contributed by atoms with van der Waals surface area (Å²) in [5.41, 5.74) is 9.75. The Morgan fingerprint density at radius 1 is 1.00 bits per heavy atom. The third-order valence-electron chi connectivity index (χ3n) is 3.76. The molecule has 3 N–H and O–H groups in total. The lowest BCUT2D eigenvalue weighted by Crippen LogP contribution is -2.04. The van der Waals surface area contributed by atoms with Crippen LogP contribution >= 0.6 is 0 Å². The van der Waals surface area contributed by atoms with Crippen LogP contribution in [0.15, 0.2) is 48.8 Å². The van der Waals surface area contributed by atoms with Gasteiger partial charge in [-0.2, -0.15) is 4.98 Å². The second-order valence-electron chi connectivity index (χ2n) is 5.64. The molecular formula is C19H20N4O2. The van der Waals surface area contributed by atoms with E-state index in [2.05, 4.69) is 28.3 Å². The highest BCUT2D eigenvalue weighted by atomic mass is 16.5. The van der Waals surface area contributed by atoms with Crippen molar-refractivity contribution in [3.63, 3.8) is 0 Å². The molecule has 0 saturated heterocycles. The van der Waals surface area contributed by atoms with Gasteiger partial charge in [0.25, 0.3) is 0 Å². The summed E-state index contributed by atoms with van der Waals surface area (Å²) >= 11 is 0. The Labute approximate surface area is 146 Å². The van der Waals surface area contributed by atoms with E-state index in [1.165, 1.54) is 11.9 Å². The molecule has 25 heavy (non-hydrogen) atoms. The molecule has 6 heteroatoms. The highest BCUT2D eigenvalue weighted by Crippen LogP contribution is 2.35. The fourth-order valence-corrected chi connectivity index (χ4v) is 2.45. The molecule has 3 rings (SSSR count). The minimum absolute atomic E-state index is 0.270. The smallest absolute Gasteiger partial charge is 0.248 e. The van der Waals surface area contributed by atoms with Crippen molar-refractivity contribution in [3.8, 4) is 17.4 Å². The number of hydrogen-bond donors (Lipinski definition) is 2. The Bertz CT molecular complexity index is 896. The van der Waals surface area contributed by atoms with Crippen molar-refractivity contribution in [1.82, 2.24) is 9.97 Å². The standard InChI is InChI=1S/C19H20N4O2/c1-12-8-9-14(13(2)10-12)23-18-17(20)19(22-11-21-18)25-16-7-5-4-6-15(16)24-3/h4-11H,20H2,1-3H3,(H,21,22,23). The van der Waals surface area contributed by atoms with Crippen LogP contribution in [0.2, 0.25) is 0 Å². The molecule has 128 valence electrons. The first-order valence-electron chi connectivity index (χ1n) is 7.84. The summed E-state index contributed by atoms with van der Waals surface area (Å²) in [7, 11) is 1.58. The molecule has 0 radical (unpaired) electrons. The molecule has 0 bridgehead atoms. The Balaban J connectivity index is 1.89. The van der Waals surface area contributed by atoms with Crippen LogP contribution in [-0.4, -0.2) is 17.1 Å². The molecule has 0 saturated carbocycles. The number of methoxy groups -OCH3 is 1. The zero-order valence-corrected chi connectivity index (χ0v) is 14.4. The van der Waals surface area contributed by atoms with Crippen molar-refractivity contribution in [3.05, 3.63) is 59.9 Å². The van der Waals surface area contributed by atoms with E-state index in [9.17, 15) is 0 Å². The van der Waals surface area contributed by atoms with Gasteiger partial charge in [0, 0.05) is 5.69 Å². The first-order valence-corrected chi connectivity index (χ1v) is 7.84. The Morgan fingerprint density at radius 2 is 1.76 bits per heavy atom. The molecule has 2 aromatic carbocycles. The van der Waals surface area contributed by atoms with Gasteiger partial charge in [-0.05, 0) is 37.6 Å². The third-order valence-corrected chi connectivity index (χ3v) is 3.76. The van der Waals surface area contributed by atoms with Crippen molar-refractivity contribution in [2.75, 3.05) is 18.2 Å². The van der Waals surface area contributed by atoms with E-state index in [1.807, 2.05) is 37.3 Å². The number of benzene rings is 2. The van der Waals surface area contributed by atoms with Crippen molar-refractivity contribution in [2.24, 2.45) is 0 Å². The number of rotatable bonds is 5. The SMILES string of the molecule is COc1ccccc1Oc1ncnc(Nc2ccc(C)cc2C)c1N. The lowest BCUT2D eigenvalue weighted by atomic mass is 10.1. The summed E-state index contributed by atoms with van der Waals surface area (Å²) in [6, 6.07) is 13.4. The number of ether oxygens (including phenoxy) is 2. The molecule has 0 amide bonds. The van der Waals surface area contributed by atoms with Gasteiger partial charge in [0.15, 0.2) is 17.3 Å². The molecule has 0 aliphatic heterocycles. The minimum atomic E-state index is 0.270. The number of nitrogens with zero attached hydrogens (tertiary/aromatic N) is 2. The lowest BCUT2D eigenvalue weighted by Gasteiger charge is -2.14. The third kappa shape index (κ3) is 3.63. The highest BCUT2D eigenvalue weighted by Gasteiger charge is 2.13. The van der Waals surface area contributed by atoms with Crippen LogP contribution in [-0.2, 0) is 0 Å². The zero-order valence-electron chi connectivity index (χ0n) is 14.4.